The van der Waals surface area contributed by atoms with Crippen LogP contribution < -0.4 is 0 Å². The molecule has 0 aliphatic carbocycles. The standard InChI is InChI=1S/C14H20N4/c1-3-17(4-2)8-9-18-12-14(11-16-18)13-6-5-7-15-10-13/h5-7,10-12H,3-4,8-9H2,1-2H3. The van der Waals surface area contributed by atoms with Crippen molar-refractivity contribution in [3.05, 3.63) is 36.9 Å². The van der Waals surface area contributed by atoms with Crippen LogP contribution in [0, 0.1) is 0 Å². The molecular weight excluding hydrogens is 224 g/mol. The van der Waals surface area contributed by atoms with Gasteiger partial charge in [0.05, 0.1) is 12.7 Å². The lowest BCUT2D eigenvalue weighted by atomic mass is 10.2. The van der Waals surface area contributed by atoms with Gasteiger partial charge in [-0.2, -0.15) is 5.10 Å². The van der Waals surface area contributed by atoms with Gasteiger partial charge in [0.1, 0.15) is 0 Å². The van der Waals surface area contributed by atoms with Crippen LogP contribution in [0.15, 0.2) is 36.9 Å². The Labute approximate surface area is 108 Å². The van der Waals surface area contributed by atoms with E-state index in [0.29, 0.717) is 0 Å². The number of likely N-dealkylation sites (N-methyl/N-ethyl adjacent to an activating group) is 1. The first-order valence-corrected chi connectivity index (χ1v) is 6.48. The van der Waals surface area contributed by atoms with Crippen molar-refractivity contribution in [2.24, 2.45) is 0 Å². The summed E-state index contributed by atoms with van der Waals surface area (Å²) in [5.74, 6) is 0. The zero-order chi connectivity index (χ0) is 12.8. The van der Waals surface area contributed by atoms with E-state index < -0.39 is 0 Å². The summed E-state index contributed by atoms with van der Waals surface area (Å²) in [6.07, 6.45) is 7.64. The van der Waals surface area contributed by atoms with Gasteiger partial charge in [-0.3, -0.25) is 9.67 Å². The van der Waals surface area contributed by atoms with Crippen molar-refractivity contribution in [2.75, 3.05) is 19.6 Å². The fourth-order valence-electron chi connectivity index (χ4n) is 1.95. The van der Waals surface area contributed by atoms with Crippen molar-refractivity contribution in [1.29, 1.82) is 0 Å². The van der Waals surface area contributed by atoms with E-state index in [1.807, 2.05) is 23.1 Å². The number of pyridine rings is 1. The summed E-state index contributed by atoms with van der Waals surface area (Å²) in [4.78, 5) is 6.52. The Morgan fingerprint density at radius 2 is 2.00 bits per heavy atom. The molecule has 0 saturated carbocycles. The smallest absolute Gasteiger partial charge is 0.0568 e. The van der Waals surface area contributed by atoms with E-state index in [1.54, 1.807) is 6.20 Å². The minimum Gasteiger partial charge on any atom is -0.302 e. The van der Waals surface area contributed by atoms with E-state index >= 15 is 0 Å². The maximum atomic E-state index is 4.40. The average molecular weight is 244 g/mol. The van der Waals surface area contributed by atoms with Crippen LogP contribution in [-0.4, -0.2) is 39.3 Å². The van der Waals surface area contributed by atoms with Crippen LogP contribution in [0.1, 0.15) is 13.8 Å². The van der Waals surface area contributed by atoms with Crippen molar-refractivity contribution in [3.63, 3.8) is 0 Å². The van der Waals surface area contributed by atoms with Gasteiger partial charge < -0.3 is 4.90 Å². The van der Waals surface area contributed by atoms with Gasteiger partial charge in [0, 0.05) is 36.3 Å². The van der Waals surface area contributed by atoms with Crippen LogP contribution in [0.4, 0.5) is 0 Å². The fraction of sp³-hybridized carbons (Fsp3) is 0.429. The maximum absolute atomic E-state index is 4.40. The number of rotatable bonds is 6. The van der Waals surface area contributed by atoms with Gasteiger partial charge in [-0.1, -0.05) is 19.9 Å². The third kappa shape index (κ3) is 3.17. The van der Waals surface area contributed by atoms with Gasteiger partial charge in [0.15, 0.2) is 0 Å². The van der Waals surface area contributed by atoms with Crippen LogP contribution in [-0.2, 0) is 6.54 Å². The SMILES string of the molecule is CCN(CC)CCn1cc(-c2cccnc2)cn1. The predicted molar refractivity (Wildman–Crippen MR) is 73.2 cm³/mol. The summed E-state index contributed by atoms with van der Waals surface area (Å²) in [7, 11) is 0. The van der Waals surface area contributed by atoms with Crippen LogP contribution >= 0.6 is 0 Å². The Hall–Kier alpha value is -1.68. The molecule has 2 heterocycles. The molecular formula is C14H20N4. The summed E-state index contributed by atoms with van der Waals surface area (Å²) in [6, 6.07) is 4.00. The molecule has 0 fully saturated rings. The van der Waals surface area contributed by atoms with Crippen molar-refractivity contribution >= 4 is 0 Å². The lowest BCUT2D eigenvalue weighted by molar-refractivity contribution is 0.285. The lowest BCUT2D eigenvalue weighted by Crippen LogP contribution is -2.27. The van der Waals surface area contributed by atoms with E-state index in [-0.39, 0.29) is 0 Å². The van der Waals surface area contributed by atoms with E-state index in [1.165, 1.54) is 0 Å². The molecule has 2 aromatic heterocycles. The zero-order valence-electron chi connectivity index (χ0n) is 11.1. The molecule has 4 heteroatoms. The molecule has 2 aromatic rings. The molecule has 0 saturated heterocycles. The van der Waals surface area contributed by atoms with Crippen molar-refractivity contribution in [3.8, 4) is 11.1 Å². The normalized spacial score (nSPS) is 11.1. The summed E-state index contributed by atoms with van der Waals surface area (Å²) in [6.45, 7) is 8.53. The van der Waals surface area contributed by atoms with Gasteiger partial charge in [0.2, 0.25) is 0 Å². The fourth-order valence-corrected chi connectivity index (χ4v) is 1.95. The minimum absolute atomic E-state index is 0.932. The first-order chi connectivity index (χ1) is 8.83. The third-order valence-corrected chi connectivity index (χ3v) is 3.17. The van der Waals surface area contributed by atoms with Gasteiger partial charge in [-0.05, 0) is 19.2 Å². The largest absolute Gasteiger partial charge is 0.302 e. The van der Waals surface area contributed by atoms with Gasteiger partial charge in [-0.25, -0.2) is 0 Å². The molecule has 0 aliphatic heterocycles. The van der Waals surface area contributed by atoms with Crippen molar-refractivity contribution < 1.29 is 0 Å². The monoisotopic (exact) mass is 244 g/mol. The van der Waals surface area contributed by atoms with Crippen LogP contribution in [0.5, 0.6) is 0 Å². The quantitative estimate of drug-likeness (QED) is 0.782. The highest BCUT2D eigenvalue weighted by molar-refractivity contribution is 5.60. The number of aromatic nitrogens is 3. The highest BCUT2D eigenvalue weighted by Gasteiger charge is 2.03. The molecule has 0 aliphatic rings. The molecule has 0 unspecified atom stereocenters. The Kier molecular flexibility index (Phi) is 4.47. The molecule has 0 atom stereocenters. The Bertz CT molecular complexity index is 460. The molecule has 2 rings (SSSR count). The molecule has 96 valence electrons. The minimum atomic E-state index is 0.932. The molecule has 0 amide bonds. The summed E-state index contributed by atoms with van der Waals surface area (Å²) in [5, 5.41) is 4.40. The first-order valence-electron chi connectivity index (χ1n) is 6.48. The average Bonchev–Trinajstić information content (AvgIpc) is 2.90. The molecule has 0 bridgehead atoms. The van der Waals surface area contributed by atoms with Crippen molar-refractivity contribution in [1.82, 2.24) is 19.7 Å². The number of hydrogen-bond acceptors (Lipinski definition) is 3. The highest BCUT2D eigenvalue weighted by Crippen LogP contribution is 2.16. The third-order valence-electron chi connectivity index (χ3n) is 3.17. The maximum Gasteiger partial charge on any atom is 0.0568 e. The van der Waals surface area contributed by atoms with Gasteiger partial charge >= 0.3 is 0 Å². The zero-order valence-corrected chi connectivity index (χ0v) is 11.1. The van der Waals surface area contributed by atoms with Crippen LogP contribution in [0.2, 0.25) is 0 Å². The predicted octanol–water partition coefficient (Wildman–Crippen LogP) is 2.29. The molecule has 0 spiro atoms. The molecule has 18 heavy (non-hydrogen) atoms. The summed E-state index contributed by atoms with van der Waals surface area (Å²) < 4.78 is 2.00. The number of hydrogen-bond donors (Lipinski definition) is 0. The molecule has 4 nitrogen and oxygen atoms in total. The second-order valence-corrected chi connectivity index (χ2v) is 4.26. The van der Waals surface area contributed by atoms with Gasteiger partial charge in [0.25, 0.3) is 0 Å². The second-order valence-electron chi connectivity index (χ2n) is 4.26. The van der Waals surface area contributed by atoms with Crippen LogP contribution in [0.25, 0.3) is 11.1 Å². The Morgan fingerprint density at radius 3 is 2.67 bits per heavy atom. The molecule has 0 N–H and O–H groups in total. The van der Waals surface area contributed by atoms with E-state index in [0.717, 1.165) is 37.3 Å². The molecule has 0 radical (unpaired) electrons. The van der Waals surface area contributed by atoms with Crippen molar-refractivity contribution in [2.45, 2.75) is 20.4 Å². The van der Waals surface area contributed by atoms with E-state index in [2.05, 4.69) is 41.1 Å². The van der Waals surface area contributed by atoms with E-state index in [9.17, 15) is 0 Å². The second kappa shape index (κ2) is 6.31. The van der Waals surface area contributed by atoms with E-state index in [4.69, 9.17) is 0 Å². The summed E-state index contributed by atoms with van der Waals surface area (Å²) >= 11 is 0. The first kappa shape index (κ1) is 12.8. The lowest BCUT2D eigenvalue weighted by Gasteiger charge is -2.17. The summed E-state index contributed by atoms with van der Waals surface area (Å²) in [5.41, 5.74) is 2.24. The number of nitrogens with zero attached hydrogens (tertiary/aromatic N) is 4. The van der Waals surface area contributed by atoms with Crippen LogP contribution in [0.3, 0.4) is 0 Å². The Balaban J connectivity index is 1.98. The Morgan fingerprint density at radius 1 is 1.17 bits per heavy atom. The highest BCUT2D eigenvalue weighted by atomic mass is 15.3. The van der Waals surface area contributed by atoms with Gasteiger partial charge in [-0.15, -0.1) is 0 Å². The topological polar surface area (TPSA) is 34.0 Å². The molecule has 0 aromatic carbocycles.